The van der Waals surface area contributed by atoms with Crippen molar-refractivity contribution in [1.29, 1.82) is 0 Å². The Bertz CT molecular complexity index is 460. The van der Waals surface area contributed by atoms with Gasteiger partial charge in [-0.25, -0.2) is 0 Å². The molecular weight excluding hydrogens is 302 g/mol. The Labute approximate surface area is 146 Å². The predicted molar refractivity (Wildman–Crippen MR) is 101 cm³/mol. The highest BCUT2D eigenvalue weighted by Gasteiger charge is 2.06. The van der Waals surface area contributed by atoms with Crippen LogP contribution in [0.15, 0.2) is 29.3 Å². The van der Waals surface area contributed by atoms with E-state index in [2.05, 4.69) is 53.7 Å². The predicted octanol–water partition coefficient (Wildman–Crippen LogP) is 2.71. The van der Waals surface area contributed by atoms with Crippen molar-refractivity contribution in [1.82, 2.24) is 10.6 Å². The molecule has 0 radical (unpaired) electrons. The lowest BCUT2D eigenvalue weighted by Crippen LogP contribution is -2.39. The van der Waals surface area contributed by atoms with Gasteiger partial charge in [-0.1, -0.05) is 36.8 Å². The van der Waals surface area contributed by atoms with Crippen LogP contribution in [0.25, 0.3) is 0 Å². The maximum Gasteiger partial charge on any atom is 0.190 e. The highest BCUT2D eigenvalue weighted by molar-refractivity contribution is 5.79. The lowest BCUT2D eigenvalue weighted by molar-refractivity contribution is 0.0689. The van der Waals surface area contributed by atoms with Crippen molar-refractivity contribution in [3.8, 4) is 0 Å². The molecular formula is C19H33N3O2. The van der Waals surface area contributed by atoms with Crippen LogP contribution in [-0.2, 0) is 9.47 Å². The van der Waals surface area contributed by atoms with Crippen molar-refractivity contribution in [2.45, 2.75) is 32.6 Å². The van der Waals surface area contributed by atoms with Crippen LogP contribution in [0.3, 0.4) is 0 Å². The fourth-order valence-electron chi connectivity index (χ4n) is 2.26. The van der Waals surface area contributed by atoms with E-state index in [1.54, 1.807) is 14.2 Å². The van der Waals surface area contributed by atoms with Gasteiger partial charge >= 0.3 is 0 Å². The van der Waals surface area contributed by atoms with Crippen LogP contribution >= 0.6 is 0 Å². The Balaban J connectivity index is 2.15. The number of nitrogens with zero attached hydrogens (tertiary/aromatic N) is 1. The van der Waals surface area contributed by atoms with E-state index >= 15 is 0 Å². The lowest BCUT2D eigenvalue weighted by Gasteiger charge is -2.16. The van der Waals surface area contributed by atoms with Crippen LogP contribution in [0.5, 0.6) is 0 Å². The van der Waals surface area contributed by atoms with Gasteiger partial charge < -0.3 is 20.1 Å². The zero-order valence-electron chi connectivity index (χ0n) is 15.6. The Kier molecular flexibility index (Phi) is 10.9. The maximum atomic E-state index is 5.45. The molecule has 0 saturated carbocycles. The molecule has 24 heavy (non-hydrogen) atoms. The summed E-state index contributed by atoms with van der Waals surface area (Å²) in [7, 11) is 3.49. The highest BCUT2D eigenvalue weighted by atomic mass is 16.5. The van der Waals surface area contributed by atoms with E-state index in [1.807, 2.05) is 0 Å². The fraction of sp³-hybridized carbons (Fsp3) is 0.632. The van der Waals surface area contributed by atoms with Crippen LogP contribution in [0.4, 0.5) is 0 Å². The molecule has 0 amide bonds. The molecule has 0 fully saturated rings. The van der Waals surface area contributed by atoms with Gasteiger partial charge in [-0.05, 0) is 31.2 Å². The molecule has 1 aromatic carbocycles. The number of aliphatic imine (C=N–C) groups is 1. The minimum atomic E-state index is 0.443. The van der Waals surface area contributed by atoms with Gasteiger partial charge in [-0.3, -0.25) is 4.99 Å². The quantitative estimate of drug-likeness (QED) is 0.371. The number of benzene rings is 1. The second-order valence-corrected chi connectivity index (χ2v) is 6.00. The van der Waals surface area contributed by atoms with E-state index < -0.39 is 0 Å². The molecule has 0 saturated heterocycles. The van der Waals surface area contributed by atoms with Gasteiger partial charge in [0, 0.05) is 33.9 Å². The molecule has 0 bridgehead atoms. The molecule has 0 heterocycles. The fourth-order valence-corrected chi connectivity index (χ4v) is 2.26. The molecule has 5 heteroatoms. The van der Waals surface area contributed by atoms with Crippen LogP contribution in [0, 0.1) is 6.92 Å². The molecule has 1 aromatic rings. The molecule has 0 aliphatic rings. The third-order valence-corrected chi connectivity index (χ3v) is 3.89. The molecule has 0 aromatic heterocycles. The van der Waals surface area contributed by atoms with Gasteiger partial charge in [0.1, 0.15) is 0 Å². The summed E-state index contributed by atoms with van der Waals surface area (Å²) in [5.74, 6) is 1.30. The number of unbranched alkanes of at least 4 members (excludes halogenated alkanes) is 1. The summed E-state index contributed by atoms with van der Waals surface area (Å²) >= 11 is 0. The largest absolute Gasteiger partial charge is 0.382 e. The highest BCUT2D eigenvalue weighted by Crippen LogP contribution is 2.14. The summed E-state index contributed by atoms with van der Waals surface area (Å²) in [5, 5.41) is 6.74. The lowest BCUT2D eigenvalue weighted by atomic mass is 10.0. The van der Waals surface area contributed by atoms with E-state index in [-0.39, 0.29) is 0 Å². The van der Waals surface area contributed by atoms with Gasteiger partial charge in [0.25, 0.3) is 0 Å². The standard InChI is InChI=1S/C19H33N3O2/c1-16-7-9-18(10-8-16)17(2)15-22-19(20-3)21-11-5-6-12-24-14-13-23-4/h7-10,17H,5-6,11-15H2,1-4H3,(H2,20,21,22). The van der Waals surface area contributed by atoms with Crippen molar-refractivity contribution in [2.75, 3.05) is 47.1 Å². The van der Waals surface area contributed by atoms with Crippen LogP contribution < -0.4 is 10.6 Å². The first kappa shape index (κ1) is 20.5. The van der Waals surface area contributed by atoms with E-state index in [0.29, 0.717) is 19.1 Å². The summed E-state index contributed by atoms with van der Waals surface area (Å²) < 4.78 is 10.4. The van der Waals surface area contributed by atoms with E-state index in [1.165, 1.54) is 11.1 Å². The molecule has 0 aliphatic carbocycles. The normalized spacial score (nSPS) is 12.9. The van der Waals surface area contributed by atoms with Crippen LogP contribution in [0.2, 0.25) is 0 Å². The summed E-state index contributed by atoms with van der Waals surface area (Å²) in [4.78, 5) is 4.27. The zero-order valence-corrected chi connectivity index (χ0v) is 15.6. The molecule has 0 spiro atoms. The van der Waals surface area contributed by atoms with Gasteiger partial charge in [0.2, 0.25) is 0 Å². The van der Waals surface area contributed by atoms with Gasteiger partial charge in [0.15, 0.2) is 5.96 Å². The molecule has 1 rings (SSSR count). The number of guanidine groups is 1. The van der Waals surface area contributed by atoms with Gasteiger partial charge in [-0.15, -0.1) is 0 Å². The summed E-state index contributed by atoms with van der Waals surface area (Å²) in [6, 6.07) is 8.71. The second-order valence-electron chi connectivity index (χ2n) is 6.00. The number of hydrogen-bond acceptors (Lipinski definition) is 3. The third kappa shape index (κ3) is 8.89. The molecule has 136 valence electrons. The van der Waals surface area contributed by atoms with Crippen LogP contribution in [0.1, 0.15) is 36.8 Å². The van der Waals surface area contributed by atoms with Gasteiger partial charge in [-0.2, -0.15) is 0 Å². The summed E-state index contributed by atoms with van der Waals surface area (Å²) in [6.45, 7) is 8.21. The van der Waals surface area contributed by atoms with Gasteiger partial charge in [0.05, 0.1) is 13.2 Å². The second kappa shape index (κ2) is 12.8. The van der Waals surface area contributed by atoms with Crippen molar-refractivity contribution < 1.29 is 9.47 Å². The number of nitrogens with one attached hydrogen (secondary N) is 2. The Morgan fingerprint density at radius 2 is 1.83 bits per heavy atom. The van der Waals surface area contributed by atoms with Crippen LogP contribution in [-0.4, -0.2) is 53.0 Å². The Morgan fingerprint density at radius 3 is 2.50 bits per heavy atom. The number of rotatable bonds is 11. The molecule has 1 atom stereocenters. The maximum absolute atomic E-state index is 5.45. The van der Waals surface area contributed by atoms with Crippen molar-refractivity contribution in [3.63, 3.8) is 0 Å². The first-order valence-electron chi connectivity index (χ1n) is 8.75. The van der Waals surface area contributed by atoms with E-state index in [9.17, 15) is 0 Å². The van der Waals surface area contributed by atoms with Crippen molar-refractivity contribution in [2.24, 2.45) is 4.99 Å². The zero-order chi connectivity index (χ0) is 17.6. The smallest absolute Gasteiger partial charge is 0.190 e. The monoisotopic (exact) mass is 335 g/mol. The minimum Gasteiger partial charge on any atom is -0.382 e. The third-order valence-electron chi connectivity index (χ3n) is 3.89. The summed E-state index contributed by atoms with van der Waals surface area (Å²) in [5.41, 5.74) is 2.64. The Hall–Kier alpha value is -1.59. The molecule has 0 aliphatic heterocycles. The summed E-state index contributed by atoms with van der Waals surface area (Å²) in [6.07, 6.45) is 2.09. The number of methoxy groups -OCH3 is 1. The number of aryl methyl sites for hydroxylation is 1. The van der Waals surface area contributed by atoms with Crippen molar-refractivity contribution in [3.05, 3.63) is 35.4 Å². The average molecular weight is 335 g/mol. The van der Waals surface area contributed by atoms with E-state index in [0.717, 1.165) is 38.5 Å². The minimum absolute atomic E-state index is 0.443. The number of hydrogen-bond donors (Lipinski definition) is 2. The number of ether oxygens (including phenoxy) is 2. The molecule has 1 unspecified atom stereocenters. The Morgan fingerprint density at radius 1 is 1.08 bits per heavy atom. The first-order valence-corrected chi connectivity index (χ1v) is 8.75. The first-order chi connectivity index (χ1) is 11.7. The average Bonchev–Trinajstić information content (AvgIpc) is 2.60. The molecule has 2 N–H and O–H groups in total. The SMILES string of the molecule is CN=C(NCCCCOCCOC)NCC(C)c1ccc(C)cc1. The van der Waals surface area contributed by atoms with Crippen molar-refractivity contribution >= 4 is 5.96 Å². The van der Waals surface area contributed by atoms with E-state index in [4.69, 9.17) is 9.47 Å². The topological polar surface area (TPSA) is 54.9 Å². The molecule has 5 nitrogen and oxygen atoms in total.